The molecule has 2 atom stereocenters. The molecule has 1 aromatic heterocycles. The van der Waals surface area contributed by atoms with Crippen molar-refractivity contribution >= 4 is 12.0 Å². The van der Waals surface area contributed by atoms with Crippen LogP contribution in [-0.2, 0) is 25.5 Å². The number of nitrogens with zero attached hydrogens (tertiary/aromatic N) is 2. The zero-order valence-electron chi connectivity index (χ0n) is 25.5. The lowest BCUT2D eigenvalue weighted by Gasteiger charge is -2.20. The number of aromatic nitrogens is 1. The van der Waals surface area contributed by atoms with Crippen LogP contribution in [0.25, 0.3) is 0 Å². The van der Waals surface area contributed by atoms with Gasteiger partial charge in [-0.1, -0.05) is 103 Å². The highest BCUT2D eigenvalue weighted by atomic mass is 16.6. The molecular weight excluding hydrogens is 504 g/mol. The van der Waals surface area contributed by atoms with E-state index in [4.69, 9.17) is 14.2 Å². The van der Waals surface area contributed by atoms with Crippen molar-refractivity contribution in [2.24, 2.45) is 5.92 Å². The molecule has 7 heteroatoms. The van der Waals surface area contributed by atoms with E-state index in [-0.39, 0.29) is 25.2 Å². The Bertz CT molecular complexity index is 775. The summed E-state index contributed by atoms with van der Waals surface area (Å²) in [6.07, 6.45) is 25.2. The van der Waals surface area contributed by atoms with Crippen LogP contribution in [0.4, 0.5) is 4.79 Å². The summed E-state index contributed by atoms with van der Waals surface area (Å²) in [5, 5.41) is 0. The predicted molar refractivity (Wildman–Crippen MR) is 160 cm³/mol. The quantitative estimate of drug-likeness (QED) is 0.125. The summed E-state index contributed by atoms with van der Waals surface area (Å²) >= 11 is 0. The van der Waals surface area contributed by atoms with Gasteiger partial charge in [0.2, 0.25) is 5.91 Å². The monoisotopic (exact) mass is 560 g/mol. The van der Waals surface area contributed by atoms with Crippen molar-refractivity contribution in [3.63, 3.8) is 0 Å². The van der Waals surface area contributed by atoms with Crippen molar-refractivity contribution in [1.82, 2.24) is 9.88 Å². The largest absolute Gasteiger partial charge is 0.446 e. The molecule has 1 saturated heterocycles. The molecule has 2 rings (SSSR count). The summed E-state index contributed by atoms with van der Waals surface area (Å²) in [6.45, 7) is 6.06. The average Bonchev–Trinajstić information content (AvgIpc) is 3.42. The van der Waals surface area contributed by atoms with E-state index in [1.165, 1.54) is 103 Å². The van der Waals surface area contributed by atoms with Crippen molar-refractivity contribution in [2.45, 2.75) is 136 Å². The fraction of sp³-hybridized carbons (Fsp3) is 0.788. The van der Waals surface area contributed by atoms with E-state index in [1.807, 2.05) is 0 Å². The van der Waals surface area contributed by atoms with Gasteiger partial charge in [0, 0.05) is 31.8 Å². The van der Waals surface area contributed by atoms with Crippen molar-refractivity contribution in [1.29, 1.82) is 0 Å². The van der Waals surface area contributed by atoms with Crippen LogP contribution in [0, 0.1) is 5.92 Å². The fourth-order valence-electron chi connectivity index (χ4n) is 5.23. The summed E-state index contributed by atoms with van der Waals surface area (Å²) in [7, 11) is 0. The first-order valence-electron chi connectivity index (χ1n) is 16.1. The lowest BCUT2D eigenvalue weighted by Crippen LogP contribution is -2.36. The number of carbonyl (C=O) groups is 2. The molecule has 2 heterocycles. The highest BCUT2D eigenvalue weighted by molar-refractivity contribution is 5.90. The number of unbranched alkanes of at least 4 members (excludes halogenated alkanes) is 15. The van der Waals surface area contributed by atoms with Crippen LogP contribution in [0.5, 0.6) is 0 Å². The van der Waals surface area contributed by atoms with Crippen LogP contribution in [0.2, 0.25) is 0 Å². The molecule has 7 nitrogen and oxygen atoms in total. The van der Waals surface area contributed by atoms with Crippen LogP contribution in [0.15, 0.2) is 24.5 Å². The third kappa shape index (κ3) is 16.3. The highest BCUT2D eigenvalue weighted by Gasteiger charge is 2.28. The molecule has 0 radical (unpaired) electrons. The molecule has 1 fully saturated rings. The number of rotatable bonds is 23. The SMILES string of the molecule is CCCCCCCCCCCCCCCCCCOC[C@H]1CO[C@H](COC(=O)N(Cc2ccncc2)C(C)=O)C1. The van der Waals surface area contributed by atoms with Gasteiger partial charge in [0.25, 0.3) is 0 Å². The number of ether oxygens (including phenoxy) is 3. The minimum absolute atomic E-state index is 0.147. The van der Waals surface area contributed by atoms with E-state index >= 15 is 0 Å². The van der Waals surface area contributed by atoms with Gasteiger partial charge < -0.3 is 14.2 Å². The van der Waals surface area contributed by atoms with Crippen LogP contribution in [0.1, 0.15) is 129 Å². The molecule has 2 amide bonds. The molecule has 0 unspecified atom stereocenters. The van der Waals surface area contributed by atoms with Gasteiger partial charge in [0.05, 0.1) is 25.9 Å². The Morgan fingerprint density at radius 1 is 0.850 bits per heavy atom. The molecule has 0 spiro atoms. The molecule has 40 heavy (non-hydrogen) atoms. The van der Waals surface area contributed by atoms with Gasteiger partial charge in [-0.05, 0) is 30.5 Å². The second kappa shape index (κ2) is 22.7. The number of carbonyl (C=O) groups excluding carboxylic acids is 2. The third-order valence-corrected chi connectivity index (χ3v) is 7.74. The number of amides is 2. The molecule has 0 N–H and O–H groups in total. The van der Waals surface area contributed by atoms with Crippen LogP contribution in [-0.4, -0.2) is 54.4 Å². The first-order chi connectivity index (χ1) is 19.6. The minimum atomic E-state index is -0.642. The maximum atomic E-state index is 12.5. The Hall–Kier alpha value is -1.99. The Balaban J connectivity index is 1.38. The summed E-state index contributed by atoms with van der Waals surface area (Å²) in [5.41, 5.74) is 0.820. The third-order valence-electron chi connectivity index (χ3n) is 7.74. The first kappa shape index (κ1) is 34.2. The molecule has 0 aromatic carbocycles. The Morgan fingerprint density at radius 3 is 1.95 bits per heavy atom. The maximum Gasteiger partial charge on any atom is 0.416 e. The second-order valence-electron chi connectivity index (χ2n) is 11.5. The molecule has 0 saturated carbocycles. The second-order valence-corrected chi connectivity index (χ2v) is 11.5. The zero-order chi connectivity index (χ0) is 28.7. The van der Waals surface area contributed by atoms with Crippen molar-refractivity contribution in [2.75, 3.05) is 26.4 Å². The molecule has 0 bridgehead atoms. The predicted octanol–water partition coefficient (Wildman–Crippen LogP) is 8.25. The van der Waals surface area contributed by atoms with E-state index in [2.05, 4.69) is 11.9 Å². The zero-order valence-corrected chi connectivity index (χ0v) is 25.5. The first-order valence-corrected chi connectivity index (χ1v) is 16.1. The summed E-state index contributed by atoms with van der Waals surface area (Å²) in [5.74, 6) is -0.0278. The van der Waals surface area contributed by atoms with Crippen LogP contribution in [0.3, 0.4) is 0 Å². The van der Waals surface area contributed by atoms with Gasteiger partial charge in [-0.3, -0.25) is 9.78 Å². The molecular formula is C33H56N2O5. The van der Waals surface area contributed by atoms with Crippen molar-refractivity contribution < 1.29 is 23.8 Å². The molecule has 0 aliphatic carbocycles. The number of pyridine rings is 1. The highest BCUT2D eigenvalue weighted by Crippen LogP contribution is 2.21. The van der Waals surface area contributed by atoms with Gasteiger partial charge in [-0.15, -0.1) is 0 Å². The van der Waals surface area contributed by atoms with Gasteiger partial charge in [0.1, 0.15) is 6.61 Å². The summed E-state index contributed by atoms with van der Waals surface area (Å²) < 4.78 is 17.1. The van der Waals surface area contributed by atoms with E-state index in [0.717, 1.165) is 29.9 Å². The number of hydrogen-bond donors (Lipinski definition) is 0. The van der Waals surface area contributed by atoms with Gasteiger partial charge in [0.15, 0.2) is 0 Å². The number of hydrogen-bond acceptors (Lipinski definition) is 6. The van der Waals surface area contributed by atoms with E-state index in [1.54, 1.807) is 24.5 Å². The Labute approximate surface area is 243 Å². The van der Waals surface area contributed by atoms with Crippen molar-refractivity contribution in [3.05, 3.63) is 30.1 Å². The molecule has 1 aliphatic heterocycles. The van der Waals surface area contributed by atoms with Crippen LogP contribution < -0.4 is 0 Å². The van der Waals surface area contributed by atoms with Crippen molar-refractivity contribution in [3.8, 4) is 0 Å². The lowest BCUT2D eigenvalue weighted by molar-refractivity contribution is -0.128. The normalized spacial score (nSPS) is 16.8. The van der Waals surface area contributed by atoms with Gasteiger partial charge in [-0.25, -0.2) is 9.69 Å². The number of imide groups is 1. The van der Waals surface area contributed by atoms with Gasteiger partial charge in [-0.2, -0.15) is 0 Å². The van der Waals surface area contributed by atoms with Crippen LogP contribution >= 0.6 is 0 Å². The van der Waals surface area contributed by atoms with E-state index in [9.17, 15) is 9.59 Å². The maximum absolute atomic E-state index is 12.5. The lowest BCUT2D eigenvalue weighted by atomic mass is 10.0. The standard InChI is InChI=1S/C33H56N2O5/c1-3-4-5-6-7-8-9-10-11-12-13-14-15-16-17-18-23-38-26-31-24-32(39-27-31)28-40-33(37)35(29(2)36)25-30-19-21-34-22-20-30/h19-22,31-32H,3-18,23-28H2,1-2H3/t31-,32-/m0/s1. The van der Waals surface area contributed by atoms with E-state index in [0.29, 0.717) is 19.1 Å². The fourth-order valence-corrected chi connectivity index (χ4v) is 5.23. The van der Waals surface area contributed by atoms with E-state index < -0.39 is 6.09 Å². The summed E-state index contributed by atoms with van der Waals surface area (Å²) in [6, 6.07) is 3.54. The molecule has 228 valence electrons. The Morgan fingerprint density at radius 2 is 1.40 bits per heavy atom. The molecule has 1 aliphatic rings. The Kier molecular flexibility index (Phi) is 19.4. The topological polar surface area (TPSA) is 78.0 Å². The summed E-state index contributed by atoms with van der Waals surface area (Å²) in [4.78, 5) is 29.5. The smallest absolute Gasteiger partial charge is 0.416 e. The van der Waals surface area contributed by atoms with Gasteiger partial charge >= 0.3 is 6.09 Å². The molecule has 1 aromatic rings. The minimum Gasteiger partial charge on any atom is -0.446 e. The average molecular weight is 561 g/mol.